The summed E-state index contributed by atoms with van der Waals surface area (Å²) in [6.45, 7) is 6.90. The van der Waals surface area contributed by atoms with Crippen LogP contribution >= 0.6 is 0 Å². The van der Waals surface area contributed by atoms with Crippen LogP contribution in [0, 0.1) is 5.82 Å². The number of halogens is 1. The van der Waals surface area contributed by atoms with Crippen molar-refractivity contribution in [3.63, 3.8) is 0 Å². The Labute approximate surface area is 89.7 Å². The molecular weight excluding hydrogens is 195 g/mol. The van der Waals surface area contributed by atoms with E-state index in [9.17, 15) is 9.50 Å². The Bertz CT molecular complexity index is 340. The summed E-state index contributed by atoms with van der Waals surface area (Å²) in [5, 5.41) is 9.68. The zero-order valence-electron chi connectivity index (χ0n) is 9.54. The largest absolute Gasteiger partial charge is 0.488 e. The van der Waals surface area contributed by atoms with Gasteiger partial charge in [0.1, 0.15) is 0 Å². The van der Waals surface area contributed by atoms with Crippen molar-refractivity contribution >= 4 is 0 Å². The van der Waals surface area contributed by atoms with E-state index in [0.29, 0.717) is 5.56 Å². The van der Waals surface area contributed by atoms with E-state index in [-0.39, 0.29) is 11.9 Å². The summed E-state index contributed by atoms with van der Waals surface area (Å²) in [5.74, 6) is -0.221. The van der Waals surface area contributed by atoms with Gasteiger partial charge >= 0.3 is 0 Å². The average molecular weight is 212 g/mol. The van der Waals surface area contributed by atoms with Gasteiger partial charge in [0.25, 0.3) is 0 Å². The Hall–Kier alpha value is -1.09. The number of aliphatic hydroxyl groups is 1. The van der Waals surface area contributed by atoms with E-state index < -0.39 is 11.4 Å². The third-order valence-corrected chi connectivity index (χ3v) is 2.00. The van der Waals surface area contributed by atoms with Gasteiger partial charge in [0, 0.05) is 0 Å². The van der Waals surface area contributed by atoms with Gasteiger partial charge in [0.05, 0.1) is 11.7 Å². The van der Waals surface area contributed by atoms with Gasteiger partial charge in [-0.2, -0.15) is 0 Å². The summed E-state index contributed by atoms with van der Waals surface area (Å²) in [5.41, 5.74) is -0.492. The van der Waals surface area contributed by atoms with Gasteiger partial charge in [-0.15, -0.1) is 0 Å². The molecule has 0 unspecified atom stereocenters. The van der Waals surface area contributed by atoms with Crippen LogP contribution in [0.3, 0.4) is 0 Å². The van der Waals surface area contributed by atoms with E-state index in [0.717, 1.165) is 0 Å². The highest BCUT2D eigenvalue weighted by Gasteiger charge is 2.18. The summed E-state index contributed by atoms with van der Waals surface area (Å²) in [6.07, 6.45) is -0.0625. The van der Waals surface area contributed by atoms with Crippen LogP contribution in [0.15, 0.2) is 18.2 Å². The minimum Gasteiger partial charge on any atom is -0.488 e. The Morgan fingerprint density at radius 1 is 1.33 bits per heavy atom. The Kier molecular flexibility index (Phi) is 3.35. The SMILES string of the molecule is CC(C)Oc1ccc(C(C)(C)O)cc1F. The first kappa shape index (κ1) is 12.0. The molecule has 0 radical (unpaired) electrons. The Balaban J connectivity index is 2.98. The summed E-state index contributed by atoms with van der Waals surface area (Å²) in [7, 11) is 0. The molecule has 1 aromatic carbocycles. The van der Waals surface area contributed by atoms with Crippen molar-refractivity contribution in [1.82, 2.24) is 0 Å². The van der Waals surface area contributed by atoms with Gasteiger partial charge < -0.3 is 9.84 Å². The second-order valence-electron chi connectivity index (χ2n) is 4.37. The molecule has 0 heterocycles. The van der Waals surface area contributed by atoms with Gasteiger partial charge in [0.2, 0.25) is 0 Å². The predicted molar refractivity (Wildman–Crippen MR) is 57.4 cm³/mol. The molecule has 0 spiro atoms. The molecule has 1 N–H and O–H groups in total. The first-order valence-corrected chi connectivity index (χ1v) is 5.00. The van der Waals surface area contributed by atoms with Crippen molar-refractivity contribution in [3.8, 4) is 5.75 Å². The van der Waals surface area contributed by atoms with Crippen LogP contribution in [0.25, 0.3) is 0 Å². The van der Waals surface area contributed by atoms with Crippen LogP contribution in [0.5, 0.6) is 5.75 Å². The number of hydrogen-bond acceptors (Lipinski definition) is 2. The quantitative estimate of drug-likeness (QED) is 0.834. The van der Waals surface area contributed by atoms with Crippen LogP contribution in [0.2, 0.25) is 0 Å². The summed E-state index contributed by atoms with van der Waals surface area (Å²) >= 11 is 0. The molecule has 0 amide bonds. The maximum absolute atomic E-state index is 13.5. The van der Waals surface area contributed by atoms with E-state index in [2.05, 4.69) is 0 Å². The molecule has 15 heavy (non-hydrogen) atoms. The van der Waals surface area contributed by atoms with Gasteiger partial charge in [-0.3, -0.25) is 0 Å². The van der Waals surface area contributed by atoms with E-state index in [1.165, 1.54) is 6.07 Å². The summed E-state index contributed by atoms with van der Waals surface area (Å²) < 4.78 is 18.8. The lowest BCUT2D eigenvalue weighted by atomic mass is 9.98. The molecule has 0 bridgehead atoms. The highest BCUT2D eigenvalue weighted by Crippen LogP contribution is 2.25. The zero-order valence-corrected chi connectivity index (χ0v) is 9.54. The average Bonchev–Trinajstić information content (AvgIpc) is 2.05. The second-order valence-corrected chi connectivity index (χ2v) is 4.37. The standard InChI is InChI=1S/C12H17FO2/c1-8(2)15-11-6-5-9(7-10(11)13)12(3,4)14/h5-8,14H,1-4H3. The van der Waals surface area contributed by atoms with E-state index >= 15 is 0 Å². The van der Waals surface area contributed by atoms with Crippen molar-refractivity contribution < 1.29 is 14.2 Å². The van der Waals surface area contributed by atoms with E-state index in [1.807, 2.05) is 13.8 Å². The van der Waals surface area contributed by atoms with Crippen LogP contribution in [-0.4, -0.2) is 11.2 Å². The fourth-order valence-corrected chi connectivity index (χ4v) is 1.23. The molecule has 0 aromatic heterocycles. The lowest BCUT2D eigenvalue weighted by Crippen LogP contribution is -2.16. The Morgan fingerprint density at radius 2 is 1.93 bits per heavy atom. The maximum atomic E-state index is 13.5. The number of hydrogen-bond donors (Lipinski definition) is 1. The van der Waals surface area contributed by atoms with E-state index in [1.54, 1.807) is 26.0 Å². The minimum atomic E-state index is -1.03. The second kappa shape index (κ2) is 4.19. The molecule has 0 saturated heterocycles. The minimum absolute atomic E-state index is 0.0625. The molecular formula is C12H17FO2. The molecule has 0 saturated carbocycles. The molecule has 0 aliphatic carbocycles. The van der Waals surface area contributed by atoms with Crippen molar-refractivity contribution in [1.29, 1.82) is 0 Å². The van der Waals surface area contributed by atoms with Crippen molar-refractivity contribution in [2.45, 2.75) is 39.4 Å². The van der Waals surface area contributed by atoms with E-state index in [4.69, 9.17) is 4.74 Å². The first-order chi connectivity index (χ1) is 6.80. The molecule has 0 fully saturated rings. The van der Waals surface area contributed by atoms with Crippen LogP contribution in [-0.2, 0) is 5.60 Å². The highest BCUT2D eigenvalue weighted by atomic mass is 19.1. The van der Waals surface area contributed by atoms with Gasteiger partial charge in [-0.25, -0.2) is 4.39 Å². The molecule has 0 atom stereocenters. The number of rotatable bonds is 3. The summed E-state index contributed by atoms with van der Waals surface area (Å²) in [6, 6.07) is 4.52. The number of ether oxygens (including phenoxy) is 1. The van der Waals surface area contributed by atoms with Gasteiger partial charge in [0.15, 0.2) is 11.6 Å². The summed E-state index contributed by atoms with van der Waals surface area (Å²) in [4.78, 5) is 0. The lowest BCUT2D eigenvalue weighted by Gasteiger charge is -2.19. The molecule has 3 heteroatoms. The fraction of sp³-hybridized carbons (Fsp3) is 0.500. The monoisotopic (exact) mass is 212 g/mol. The maximum Gasteiger partial charge on any atom is 0.165 e. The molecule has 1 aromatic rings. The third kappa shape index (κ3) is 3.20. The normalized spacial score (nSPS) is 11.9. The van der Waals surface area contributed by atoms with Crippen molar-refractivity contribution in [2.24, 2.45) is 0 Å². The molecule has 2 nitrogen and oxygen atoms in total. The molecule has 0 aliphatic rings. The van der Waals surface area contributed by atoms with Crippen LogP contribution < -0.4 is 4.74 Å². The zero-order chi connectivity index (χ0) is 11.6. The molecule has 84 valence electrons. The predicted octanol–water partition coefficient (Wildman–Crippen LogP) is 2.84. The Morgan fingerprint density at radius 3 is 2.33 bits per heavy atom. The smallest absolute Gasteiger partial charge is 0.165 e. The van der Waals surface area contributed by atoms with Gasteiger partial charge in [-0.05, 0) is 45.4 Å². The third-order valence-electron chi connectivity index (χ3n) is 2.00. The van der Waals surface area contributed by atoms with Crippen molar-refractivity contribution in [2.75, 3.05) is 0 Å². The van der Waals surface area contributed by atoms with Crippen LogP contribution in [0.1, 0.15) is 33.3 Å². The van der Waals surface area contributed by atoms with Crippen LogP contribution in [0.4, 0.5) is 4.39 Å². The molecule has 0 aliphatic heterocycles. The van der Waals surface area contributed by atoms with Gasteiger partial charge in [-0.1, -0.05) is 6.07 Å². The first-order valence-electron chi connectivity index (χ1n) is 5.00. The number of benzene rings is 1. The molecule has 1 rings (SSSR count). The van der Waals surface area contributed by atoms with Crippen molar-refractivity contribution in [3.05, 3.63) is 29.6 Å². The lowest BCUT2D eigenvalue weighted by molar-refractivity contribution is 0.0780. The topological polar surface area (TPSA) is 29.5 Å². The fourth-order valence-electron chi connectivity index (χ4n) is 1.23. The highest BCUT2D eigenvalue weighted by molar-refractivity contribution is 5.32.